The number of hydrogen-bond acceptors (Lipinski definition) is 2. The Morgan fingerprint density at radius 2 is 1.81 bits per heavy atom. The van der Waals surface area contributed by atoms with Crippen molar-refractivity contribution in [2.75, 3.05) is 13.2 Å². The maximum Gasteiger partial charge on any atom is 0.0599 e. The quantitative estimate of drug-likeness (QED) is 0.587. The van der Waals surface area contributed by atoms with Crippen LogP contribution in [0.25, 0.3) is 0 Å². The largest absolute Gasteiger partial charge is 0.375 e. The second-order valence-electron chi connectivity index (χ2n) is 6.14. The van der Waals surface area contributed by atoms with Crippen LogP contribution in [0.15, 0.2) is 0 Å². The zero-order valence-electron chi connectivity index (χ0n) is 11.5. The molecule has 0 bridgehead atoms. The summed E-state index contributed by atoms with van der Waals surface area (Å²) in [6, 6.07) is 0.714. The monoisotopic (exact) mass is 227 g/mol. The summed E-state index contributed by atoms with van der Waals surface area (Å²) in [6.07, 6.45) is 6.95. The van der Waals surface area contributed by atoms with Crippen molar-refractivity contribution >= 4 is 0 Å². The molecule has 0 aromatic rings. The van der Waals surface area contributed by atoms with E-state index in [4.69, 9.17) is 4.74 Å². The normalized spacial score (nSPS) is 27.8. The van der Waals surface area contributed by atoms with E-state index in [2.05, 4.69) is 33.0 Å². The Bertz CT molecular complexity index is 186. The predicted octanol–water partition coefficient (Wildman–Crippen LogP) is 3.36. The topological polar surface area (TPSA) is 21.3 Å². The standard InChI is InChI=1S/C14H29NO/c1-12-8-6-5-7-9-13(12)15-10-11-16-14(2,3)4/h12-13,15H,5-11H2,1-4H3. The minimum Gasteiger partial charge on any atom is -0.375 e. The highest BCUT2D eigenvalue weighted by atomic mass is 16.5. The van der Waals surface area contributed by atoms with Gasteiger partial charge in [-0.3, -0.25) is 0 Å². The van der Waals surface area contributed by atoms with E-state index in [0.29, 0.717) is 6.04 Å². The lowest BCUT2D eigenvalue weighted by Crippen LogP contribution is -2.37. The first-order valence-electron chi connectivity index (χ1n) is 6.86. The molecule has 2 atom stereocenters. The molecule has 1 saturated carbocycles. The first-order valence-corrected chi connectivity index (χ1v) is 6.86. The third-order valence-corrected chi connectivity index (χ3v) is 3.41. The third kappa shape index (κ3) is 5.86. The first-order chi connectivity index (χ1) is 7.49. The molecule has 1 N–H and O–H groups in total. The van der Waals surface area contributed by atoms with E-state index in [1.807, 2.05) is 0 Å². The van der Waals surface area contributed by atoms with Gasteiger partial charge in [0.15, 0.2) is 0 Å². The molecule has 2 nitrogen and oxygen atoms in total. The smallest absolute Gasteiger partial charge is 0.0599 e. The van der Waals surface area contributed by atoms with Crippen LogP contribution in [0.4, 0.5) is 0 Å². The van der Waals surface area contributed by atoms with Gasteiger partial charge in [-0.05, 0) is 39.5 Å². The fourth-order valence-corrected chi connectivity index (χ4v) is 2.40. The number of nitrogens with one attached hydrogen (secondary N) is 1. The van der Waals surface area contributed by atoms with Gasteiger partial charge in [-0.1, -0.05) is 26.2 Å². The molecule has 0 aliphatic heterocycles. The zero-order valence-corrected chi connectivity index (χ0v) is 11.5. The van der Waals surface area contributed by atoms with Gasteiger partial charge >= 0.3 is 0 Å². The van der Waals surface area contributed by atoms with E-state index < -0.39 is 0 Å². The molecule has 1 aliphatic rings. The molecule has 1 fully saturated rings. The summed E-state index contributed by atoms with van der Waals surface area (Å²) in [5.41, 5.74) is -0.00322. The highest BCUT2D eigenvalue weighted by Gasteiger charge is 2.19. The molecule has 0 heterocycles. The molecule has 0 aromatic heterocycles. The summed E-state index contributed by atoms with van der Waals surface area (Å²) >= 11 is 0. The van der Waals surface area contributed by atoms with Crippen LogP contribution in [0.2, 0.25) is 0 Å². The Hall–Kier alpha value is -0.0800. The molecule has 0 radical (unpaired) electrons. The summed E-state index contributed by atoms with van der Waals surface area (Å²) in [4.78, 5) is 0. The van der Waals surface area contributed by atoms with Gasteiger partial charge < -0.3 is 10.1 Å². The summed E-state index contributed by atoms with van der Waals surface area (Å²) in [7, 11) is 0. The van der Waals surface area contributed by atoms with Crippen molar-refractivity contribution in [2.24, 2.45) is 5.92 Å². The van der Waals surface area contributed by atoms with Crippen LogP contribution in [-0.4, -0.2) is 24.8 Å². The van der Waals surface area contributed by atoms with Gasteiger partial charge in [0, 0.05) is 12.6 Å². The van der Waals surface area contributed by atoms with Crippen LogP contribution in [0.3, 0.4) is 0 Å². The van der Waals surface area contributed by atoms with Gasteiger partial charge in [-0.25, -0.2) is 0 Å². The number of ether oxygens (including phenoxy) is 1. The Labute approximate surface area is 101 Å². The molecule has 16 heavy (non-hydrogen) atoms. The van der Waals surface area contributed by atoms with E-state index in [-0.39, 0.29) is 5.60 Å². The maximum atomic E-state index is 5.72. The fraction of sp³-hybridized carbons (Fsp3) is 1.00. The van der Waals surface area contributed by atoms with Crippen molar-refractivity contribution in [3.8, 4) is 0 Å². The summed E-state index contributed by atoms with van der Waals surface area (Å²) in [6.45, 7) is 10.5. The van der Waals surface area contributed by atoms with Gasteiger partial charge in [-0.15, -0.1) is 0 Å². The van der Waals surface area contributed by atoms with Crippen LogP contribution in [0, 0.1) is 5.92 Å². The molecule has 2 unspecified atom stereocenters. The van der Waals surface area contributed by atoms with E-state index in [0.717, 1.165) is 19.1 Å². The molecule has 96 valence electrons. The minimum absolute atomic E-state index is 0.00322. The first kappa shape index (κ1) is 14.0. The fourth-order valence-electron chi connectivity index (χ4n) is 2.40. The molecule has 0 spiro atoms. The lowest BCUT2D eigenvalue weighted by atomic mass is 9.97. The molecule has 0 saturated heterocycles. The molecule has 0 amide bonds. The average molecular weight is 227 g/mol. The Morgan fingerprint density at radius 1 is 1.12 bits per heavy atom. The van der Waals surface area contributed by atoms with Gasteiger partial charge in [-0.2, -0.15) is 0 Å². The van der Waals surface area contributed by atoms with E-state index in [1.165, 1.54) is 32.1 Å². The lowest BCUT2D eigenvalue weighted by Gasteiger charge is -2.25. The number of rotatable bonds is 4. The molecule has 2 heteroatoms. The zero-order chi connectivity index (χ0) is 12.0. The second-order valence-corrected chi connectivity index (χ2v) is 6.14. The third-order valence-electron chi connectivity index (χ3n) is 3.41. The van der Waals surface area contributed by atoms with Crippen molar-refractivity contribution < 1.29 is 4.74 Å². The van der Waals surface area contributed by atoms with Crippen LogP contribution >= 0.6 is 0 Å². The Kier molecular flexibility index (Phi) is 5.77. The van der Waals surface area contributed by atoms with Gasteiger partial charge in [0.2, 0.25) is 0 Å². The van der Waals surface area contributed by atoms with E-state index in [9.17, 15) is 0 Å². The SMILES string of the molecule is CC1CCCCCC1NCCOC(C)(C)C. The van der Waals surface area contributed by atoms with Crippen molar-refractivity contribution in [3.05, 3.63) is 0 Å². The summed E-state index contributed by atoms with van der Waals surface area (Å²) in [5, 5.41) is 3.66. The van der Waals surface area contributed by atoms with Crippen molar-refractivity contribution in [1.29, 1.82) is 0 Å². The van der Waals surface area contributed by atoms with Crippen LogP contribution in [0.1, 0.15) is 59.8 Å². The predicted molar refractivity (Wildman–Crippen MR) is 69.7 cm³/mol. The van der Waals surface area contributed by atoms with Crippen molar-refractivity contribution in [1.82, 2.24) is 5.32 Å². The highest BCUT2D eigenvalue weighted by molar-refractivity contribution is 4.76. The molecule has 0 aromatic carbocycles. The molecule has 1 rings (SSSR count). The summed E-state index contributed by atoms with van der Waals surface area (Å²) in [5.74, 6) is 0.831. The summed E-state index contributed by atoms with van der Waals surface area (Å²) < 4.78 is 5.72. The van der Waals surface area contributed by atoms with Crippen LogP contribution in [0.5, 0.6) is 0 Å². The van der Waals surface area contributed by atoms with Crippen LogP contribution in [-0.2, 0) is 4.74 Å². The van der Waals surface area contributed by atoms with Crippen LogP contribution < -0.4 is 5.32 Å². The Balaban J connectivity index is 2.15. The Morgan fingerprint density at radius 3 is 2.50 bits per heavy atom. The van der Waals surface area contributed by atoms with E-state index >= 15 is 0 Å². The van der Waals surface area contributed by atoms with Gasteiger partial charge in [0.25, 0.3) is 0 Å². The molecular weight excluding hydrogens is 198 g/mol. The maximum absolute atomic E-state index is 5.72. The molecular formula is C14H29NO. The van der Waals surface area contributed by atoms with Crippen molar-refractivity contribution in [3.63, 3.8) is 0 Å². The second kappa shape index (κ2) is 6.61. The highest BCUT2D eigenvalue weighted by Crippen LogP contribution is 2.22. The average Bonchev–Trinajstić information content (AvgIpc) is 2.37. The van der Waals surface area contributed by atoms with Crippen molar-refractivity contribution in [2.45, 2.75) is 71.4 Å². The van der Waals surface area contributed by atoms with E-state index in [1.54, 1.807) is 0 Å². The van der Waals surface area contributed by atoms with Gasteiger partial charge in [0.1, 0.15) is 0 Å². The number of hydrogen-bond donors (Lipinski definition) is 1. The minimum atomic E-state index is -0.00322. The lowest BCUT2D eigenvalue weighted by molar-refractivity contribution is -0.00220. The molecule has 1 aliphatic carbocycles. The van der Waals surface area contributed by atoms with Gasteiger partial charge in [0.05, 0.1) is 12.2 Å².